The van der Waals surface area contributed by atoms with Crippen LogP contribution in [0.25, 0.3) is 0 Å². The number of pyridine rings is 1. The van der Waals surface area contributed by atoms with Crippen LogP contribution < -0.4 is 11.1 Å². The second-order valence-corrected chi connectivity index (χ2v) is 4.42. The summed E-state index contributed by atoms with van der Waals surface area (Å²) in [6, 6.07) is 1.97. The molecule has 1 aliphatic carbocycles. The van der Waals surface area contributed by atoms with Crippen molar-refractivity contribution in [3.05, 3.63) is 18.5 Å². The highest BCUT2D eigenvalue weighted by molar-refractivity contribution is 5.64. The van der Waals surface area contributed by atoms with Crippen LogP contribution in [0.4, 0.5) is 11.4 Å². The topological polar surface area (TPSA) is 71.2 Å². The van der Waals surface area contributed by atoms with Gasteiger partial charge in [0, 0.05) is 6.20 Å². The van der Waals surface area contributed by atoms with Crippen molar-refractivity contribution in [1.82, 2.24) is 4.98 Å². The summed E-state index contributed by atoms with van der Waals surface area (Å²) in [7, 11) is 0. The van der Waals surface area contributed by atoms with Gasteiger partial charge in [-0.25, -0.2) is 0 Å². The van der Waals surface area contributed by atoms with Crippen LogP contribution in [-0.4, -0.2) is 22.2 Å². The molecule has 1 heterocycles. The van der Waals surface area contributed by atoms with Crippen LogP contribution in [0.5, 0.6) is 0 Å². The number of hydrogen-bond acceptors (Lipinski definition) is 4. The molecule has 0 aromatic carbocycles. The summed E-state index contributed by atoms with van der Waals surface area (Å²) in [5.41, 5.74) is 7.33. The Morgan fingerprint density at radius 2 is 2.12 bits per heavy atom. The Balaban J connectivity index is 2.05. The van der Waals surface area contributed by atoms with Crippen molar-refractivity contribution in [2.45, 2.75) is 44.2 Å². The number of aliphatic hydroxyl groups excluding tert-OH is 1. The molecule has 0 amide bonds. The molecule has 4 nitrogen and oxygen atoms in total. The third-order valence-electron chi connectivity index (χ3n) is 3.17. The first-order chi connectivity index (χ1) is 7.77. The Hall–Kier alpha value is -1.29. The van der Waals surface area contributed by atoms with Crippen LogP contribution in [0.1, 0.15) is 32.1 Å². The van der Waals surface area contributed by atoms with Crippen molar-refractivity contribution < 1.29 is 5.11 Å². The fourth-order valence-electron chi connectivity index (χ4n) is 2.19. The summed E-state index contributed by atoms with van der Waals surface area (Å²) < 4.78 is 0. The maximum atomic E-state index is 9.98. The largest absolute Gasteiger partial charge is 0.396 e. The van der Waals surface area contributed by atoms with Gasteiger partial charge < -0.3 is 16.2 Å². The second kappa shape index (κ2) is 5.16. The van der Waals surface area contributed by atoms with Gasteiger partial charge in [-0.15, -0.1) is 0 Å². The van der Waals surface area contributed by atoms with Crippen LogP contribution in [0, 0.1) is 0 Å². The zero-order valence-corrected chi connectivity index (χ0v) is 9.39. The normalized spacial score (nSPS) is 26.1. The zero-order chi connectivity index (χ0) is 11.4. The lowest BCUT2D eigenvalue weighted by Gasteiger charge is -2.23. The lowest BCUT2D eigenvalue weighted by molar-refractivity contribution is 0.144. The summed E-state index contributed by atoms with van der Waals surface area (Å²) in [6.45, 7) is 0. The SMILES string of the molecule is Nc1cnccc1NC1CCCCCC1O. The molecule has 1 fully saturated rings. The number of hydrogen-bond donors (Lipinski definition) is 3. The molecule has 4 N–H and O–H groups in total. The Labute approximate surface area is 95.9 Å². The van der Waals surface area contributed by atoms with Crippen molar-refractivity contribution in [3.8, 4) is 0 Å². The van der Waals surface area contributed by atoms with E-state index in [1.165, 1.54) is 12.8 Å². The van der Waals surface area contributed by atoms with E-state index in [0.29, 0.717) is 5.69 Å². The first kappa shape index (κ1) is 11.2. The van der Waals surface area contributed by atoms with Crippen LogP contribution in [0.3, 0.4) is 0 Å². The van der Waals surface area contributed by atoms with Gasteiger partial charge in [-0.2, -0.15) is 0 Å². The number of rotatable bonds is 2. The van der Waals surface area contributed by atoms with E-state index >= 15 is 0 Å². The molecule has 88 valence electrons. The number of nitrogen functional groups attached to an aromatic ring is 1. The van der Waals surface area contributed by atoms with E-state index in [-0.39, 0.29) is 12.1 Å². The predicted molar refractivity (Wildman–Crippen MR) is 65.2 cm³/mol. The molecule has 2 atom stereocenters. The van der Waals surface area contributed by atoms with E-state index in [4.69, 9.17) is 5.73 Å². The minimum Gasteiger partial charge on any atom is -0.396 e. The maximum Gasteiger partial charge on any atom is 0.0741 e. The third-order valence-corrected chi connectivity index (χ3v) is 3.17. The fraction of sp³-hybridized carbons (Fsp3) is 0.583. The number of aliphatic hydroxyl groups is 1. The number of nitrogens with zero attached hydrogens (tertiary/aromatic N) is 1. The van der Waals surface area contributed by atoms with Gasteiger partial charge in [-0.1, -0.05) is 19.3 Å². The fourth-order valence-corrected chi connectivity index (χ4v) is 2.19. The highest BCUT2D eigenvalue weighted by atomic mass is 16.3. The van der Waals surface area contributed by atoms with Crippen molar-refractivity contribution in [1.29, 1.82) is 0 Å². The van der Waals surface area contributed by atoms with E-state index in [2.05, 4.69) is 10.3 Å². The molecule has 1 saturated carbocycles. The van der Waals surface area contributed by atoms with E-state index in [1.54, 1.807) is 12.4 Å². The molecule has 1 aliphatic rings. The van der Waals surface area contributed by atoms with Crippen molar-refractivity contribution in [3.63, 3.8) is 0 Å². The molecule has 1 aromatic rings. The van der Waals surface area contributed by atoms with Crippen molar-refractivity contribution in [2.24, 2.45) is 0 Å². The van der Waals surface area contributed by atoms with E-state index in [1.807, 2.05) is 6.07 Å². The van der Waals surface area contributed by atoms with Gasteiger partial charge in [-0.05, 0) is 18.9 Å². The highest BCUT2D eigenvalue weighted by Gasteiger charge is 2.21. The molecule has 0 aliphatic heterocycles. The number of nitrogens with two attached hydrogens (primary N) is 1. The van der Waals surface area contributed by atoms with E-state index < -0.39 is 0 Å². The standard InChI is InChI=1S/C12H19N3O/c13-9-8-14-7-6-10(9)15-11-4-2-1-3-5-12(11)16/h6-8,11-12,16H,1-5,13H2,(H,14,15). The molecule has 16 heavy (non-hydrogen) atoms. The number of anilines is 2. The van der Waals surface area contributed by atoms with Gasteiger partial charge in [0.15, 0.2) is 0 Å². The second-order valence-electron chi connectivity index (χ2n) is 4.42. The van der Waals surface area contributed by atoms with Crippen LogP contribution in [0.2, 0.25) is 0 Å². The molecular weight excluding hydrogens is 202 g/mol. The van der Waals surface area contributed by atoms with E-state index in [0.717, 1.165) is 24.9 Å². The molecule has 0 radical (unpaired) electrons. The first-order valence-corrected chi connectivity index (χ1v) is 5.91. The van der Waals surface area contributed by atoms with E-state index in [9.17, 15) is 5.11 Å². The molecule has 1 aromatic heterocycles. The smallest absolute Gasteiger partial charge is 0.0741 e. The Bertz CT molecular complexity index is 343. The molecular formula is C12H19N3O. The third kappa shape index (κ3) is 2.64. The Kier molecular flexibility index (Phi) is 3.62. The highest BCUT2D eigenvalue weighted by Crippen LogP contribution is 2.24. The minimum atomic E-state index is -0.268. The predicted octanol–water partition coefficient (Wildman–Crippen LogP) is 1.77. The lowest BCUT2D eigenvalue weighted by atomic mass is 10.1. The van der Waals surface area contributed by atoms with Gasteiger partial charge >= 0.3 is 0 Å². The Morgan fingerprint density at radius 1 is 1.31 bits per heavy atom. The van der Waals surface area contributed by atoms with Gasteiger partial charge in [-0.3, -0.25) is 4.98 Å². The number of aromatic nitrogens is 1. The monoisotopic (exact) mass is 221 g/mol. The molecule has 4 heteroatoms. The molecule has 2 unspecified atom stereocenters. The average molecular weight is 221 g/mol. The molecule has 2 rings (SSSR count). The van der Waals surface area contributed by atoms with Crippen LogP contribution in [-0.2, 0) is 0 Å². The van der Waals surface area contributed by atoms with Crippen LogP contribution >= 0.6 is 0 Å². The van der Waals surface area contributed by atoms with Crippen molar-refractivity contribution >= 4 is 11.4 Å². The summed E-state index contributed by atoms with van der Waals surface area (Å²) >= 11 is 0. The maximum absolute atomic E-state index is 9.98. The molecule has 0 saturated heterocycles. The molecule has 0 spiro atoms. The summed E-state index contributed by atoms with van der Waals surface area (Å²) in [5.74, 6) is 0. The van der Waals surface area contributed by atoms with Gasteiger partial charge in [0.2, 0.25) is 0 Å². The summed E-state index contributed by atoms with van der Waals surface area (Å²) in [5, 5.41) is 13.3. The first-order valence-electron chi connectivity index (χ1n) is 5.91. The summed E-state index contributed by atoms with van der Waals surface area (Å²) in [6.07, 6.45) is 8.44. The lowest BCUT2D eigenvalue weighted by Crippen LogP contribution is -2.32. The van der Waals surface area contributed by atoms with Gasteiger partial charge in [0.05, 0.1) is 29.7 Å². The van der Waals surface area contributed by atoms with Gasteiger partial charge in [0.25, 0.3) is 0 Å². The van der Waals surface area contributed by atoms with Crippen LogP contribution in [0.15, 0.2) is 18.5 Å². The average Bonchev–Trinajstić information content (AvgIpc) is 2.48. The van der Waals surface area contributed by atoms with Crippen molar-refractivity contribution in [2.75, 3.05) is 11.1 Å². The summed E-state index contributed by atoms with van der Waals surface area (Å²) in [4.78, 5) is 3.95. The van der Waals surface area contributed by atoms with Gasteiger partial charge in [0.1, 0.15) is 0 Å². The Morgan fingerprint density at radius 3 is 2.94 bits per heavy atom. The quantitative estimate of drug-likeness (QED) is 0.666. The minimum absolute atomic E-state index is 0.118. The number of nitrogens with one attached hydrogen (secondary N) is 1. The zero-order valence-electron chi connectivity index (χ0n) is 9.39. The molecule has 0 bridgehead atoms.